The highest BCUT2D eigenvalue weighted by Gasteiger charge is 2.20. The van der Waals surface area contributed by atoms with E-state index in [0.717, 1.165) is 38.2 Å². The molecule has 3 heterocycles. The second-order valence-electron chi connectivity index (χ2n) is 6.09. The van der Waals surface area contributed by atoms with Crippen LogP contribution in [0.4, 0.5) is 5.69 Å². The number of nitrogens with one attached hydrogen (secondary N) is 1. The van der Waals surface area contributed by atoms with E-state index in [1.165, 1.54) is 5.69 Å². The Balaban J connectivity index is 1.45. The molecular formula is C18H23N5O. The second kappa shape index (κ2) is 7.86. The summed E-state index contributed by atoms with van der Waals surface area (Å²) in [7, 11) is 0. The van der Waals surface area contributed by atoms with Crippen LogP contribution in [-0.4, -0.2) is 40.5 Å². The monoisotopic (exact) mass is 325 g/mol. The van der Waals surface area contributed by atoms with E-state index in [1.807, 2.05) is 31.5 Å². The molecule has 1 saturated heterocycles. The molecule has 6 nitrogen and oxygen atoms in total. The fourth-order valence-corrected chi connectivity index (χ4v) is 2.94. The summed E-state index contributed by atoms with van der Waals surface area (Å²) in [4.78, 5) is 26.9. The third kappa shape index (κ3) is 4.07. The van der Waals surface area contributed by atoms with E-state index in [1.54, 1.807) is 12.4 Å². The number of hydrogen-bond donors (Lipinski definition) is 1. The lowest BCUT2D eigenvalue weighted by molar-refractivity contribution is 0.0944. The minimum absolute atomic E-state index is 0.0887. The van der Waals surface area contributed by atoms with E-state index in [4.69, 9.17) is 0 Å². The van der Waals surface area contributed by atoms with Crippen LogP contribution in [0, 0.1) is 5.92 Å². The first-order valence-electron chi connectivity index (χ1n) is 8.50. The van der Waals surface area contributed by atoms with Gasteiger partial charge in [-0.2, -0.15) is 0 Å². The molecule has 2 aromatic heterocycles. The maximum atomic E-state index is 12.2. The summed E-state index contributed by atoms with van der Waals surface area (Å²) in [5, 5.41) is 3.01. The molecule has 0 unspecified atom stereocenters. The van der Waals surface area contributed by atoms with Gasteiger partial charge in [0.1, 0.15) is 5.82 Å². The van der Waals surface area contributed by atoms with Crippen molar-refractivity contribution in [3.05, 3.63) is 48.3 Å². The van der Waals surface area contributed by atoms with Crippen molar-refractivity contribution < 1.29 is 4.79 Å². The van der Waals surface area contributed by atoms with E-state index in [0.29, 0.717) is 18.0 Å². The highest BCUT2D eigenvalue weighted by Crippen LogP contribution is 2.22. The van der Waals surface area contributed by atoms with Gasteiger partial charge in [0, 0.05) is 56.5 Å². The van der Waals surface area contributed by atoms with E-state index >= 15 is 0 Å². The van der Waals surface area contributed by atoms with Crippen molar-refractivity contribution in [1.82, 2.24) is 20.3 Å². The Hall–Kier alpha value is -2.50. The fourth-order valence-electron chi connectivity index (χ4n) is 2.94. The number of hydrogen-bond acceptors (Lipinski definition) is 5. The van der Waals surface area contributed by atoms with Crippen molar-refractivity contribution in [3.8, 4) is 0 Å². The number of aromatic nitrogens is 3. The number of rotatable bonds is 5. The van der Waals surface area contributed by atoms with Gasteiger partial charge in [-0.05, 0) is 30.9 Å². The van der Waals surface area contributed by atoms with Gasteiger partial charge in [0.2, 0.25) is 0 Å². The number of nitrogens with zero attached hydrogens (tertiary/aromatic N) is 4. The smallest absolute Gasteiger partial charge is 0.254 e. The van der Waals surface area contributed by atoms with Gasteiger partial charge in [-0.25, -0.2) is 9.97 Å². The molecule has 24 heavy (non-hydrogen) atoms. The van der Waals surface area contributed by atoms with Gasteiger partial charge in [-0.3, -0.25) is 9.78 Å². The molecule has 1 fully saturated rings. The standard InChI is InChI=1S/C18H23N5O/c1-2-17-20-12-15(13-21-17)18(24)22-11-14-5-9-23(10-6-14)16-3-7-19-8-4-16/h3-4,7-8,12-14H,2,5-6,9-11H2,1H3,(H,22,24). The summed E-state index contributed by atoms with van der Waals surface area (Å²) < 4.78 is 0. The first-order chi connectivity index (χ1) is 11.8. The molecule has 3 rings (SSSR count). The first kappa shape index (κ1) is 16.4. The zero-order chi connectivity index (χ0) is 16.8. The predicted molar refractivity (Wildman–Crippen MR) is 92.9 cm³/mol. The van der Waals surface area contributed by atoms with Gasteiger partial charge in [0.25, 0.3) is 5.91 Å². The van der Waals surface area contributed by atoms with Crippen molar-refractivity contribution >= 4 is 11.6 Å². The van der Waals surface area contributed by atoms with E-state index in [-0.39, 0.29) is 5.91 Å². The normalized spacial score (nSPS) is 15.3. The molecule has 0 aromatic carbocycles. The van der Waals surface area contributed by atoms with Gasteiger partial charge in [-0.15, -0.1) is 0 Å². The molecule has 1 amide bonds. The molecular weight excluding hydrogens is 302 g/mol. The fraction of sp³-hybridized carbons (Fsp3) is 0.444. The van der Waals surface area contributed by atoms with Crippen molar-refractivity contribution in [2.75, 3.05) is 24.5 Å². The number of amides is 1. The van der Waals surface area contributed by atoms with Crippen molar-refractivity contribution in [1.29, 1.82) is 0 Å². The topological polar surface area (TPSA) is 71.0 Å². The Bertz CT molecular complexity index is 651. The van der Waals surface area contributed by atoms with Gasteiger partial charge in [0.15, 0.2) is 0 Å². The summed E-state index contributed by atoms with van der Waals surface area (Å²) in [6.07, 6.45) is 9.79. The van der Waals surface area contributed by atoms with Crippen molar-refractivity contribution in [2.45, 2.75) is 26.2 Å². The minimum atomic E-state index is -0.0887. The molecule has 0 aliphatic carbocycles. The zero-order valence-corrected chi connectivity index (χ0v) is 14.0. The third-order valence-corrected chi connectivity index (χ3v) is 4.48. The van der Waals surface area contributed by atoms with Gasteiger partial charge < -0.3 is 10.2 Å². The molecule has 0 spiro atoms. The van der Waals surface area contributed by atoms with Crippen molar-refractivity contribution in [3.63, 3.8) is 0 Å². The molecule has 0 radical (unpaired) electrons. The molecule has 0 bridgehead atoms. The van der Waals surface area contributed by atoms with Crippen LogP contribution in [0.3, 0.4) is 0 Å². The summed E-state index contributed by atoms with van der Waals surface area (Å²) >= 11 is 0. The van der Waals surface area contributed by atoms with Crippen LogP contribution in [0.15, 0.2) is 36.9 Å². The molecule has 0 saturated carbocycles. The largest absolute Gasteiger partial charge is 0.371 e. The average Bonchev–Trinajstić information content (AvgIpc) is 2.67. The molecule has 1 aliphatic heterocycles. The first-order valence-corrected chi connectivity index (χ1v) is 8.50. The Labute approximate surface area is 142 Å². The molecule has 6 heteroatoms. The van der Waals surface area contributed by atoms with Gasteiger partial charge in [0.05, 0.1) is 5.56 Å². The predicted octanol–water partition coefficient (Wildman–Crippen LogP) is 2.08. The van der Waals surface area contributed by atoms with Crippen LogP contribution >= 0.6 is 0 Å². The van der Waals surface area contributed by atoms with E-state index < -0.39 is 0 Å². The Morgan fingerprint density at radius 1 is 1.21 bits per heavy atom. The Morgan fingerprint density at radius 3 is 2.50 bits per heavy atom. The molecule has 1 N–H and O–H groups in total. The summed E-state index contributed by atoms with van der Waals surface area (Å²) in [5.74, 6) is 1.19. The maximum Gasteiger partial charge on any atom is 0.254 e. The molecule has 0 atom stereocenters. The zero-order valence-electron chi connectivity index (χ0n) is 14.0. The lowest BCUT2D eigenvalue weighted by Crippen LogP contribution is -2.38. The Kier molecular flexibility index (Phi) is 5.36. The number of aryl methyl sites for hydroxylation is 1. The van der Waals surface area contributed by atoms with Gasteiger partial charge >= 0.3 is 0 Å². The van der Waals surface area contributed by atoms with Crippen LogP contribution < -0.4 is 10.2 Å². The van der Waals surface area contributed by atoms with Crippen LogP contribution in [0.2, 0.25) is 0 Å². The SMILES string of the molecule is CCc1ncc(C(=O)NCC2CCN(c3ccncc3)CC2)cn1. The number of anilines is 1. The highest BCUT2D eigenvalue weighted by molar-refractivity contribution is 5.93. The second-order valence-corrected chi connectivity index (χ2v) is 6.09. The van der Waals surface area contributed by atoms with Crippen LogP contribution in [0.5, 0.6) is 0 Å². The quantitative estimate of drug-likeness (QED) is 0.911. The molecule has 126 valence electrons. The Morgan fingerprint density at radius 2 is 1.88 bits per heavy atom. The number of pyridine rings is 1. The van der Waals surface area contributed by atoms with Crippen LogP contribution in [-0.2, 0) is 6.42 Å². The average molecular weight is 325 g/mol. The summed E-state index contributed by atoms with van der Waals surface area (Å²) in [5.41, 5.74) is 1.75. The summed E-state index contributed by atoms with van der Waals surface area (Å²) in [6, 6.07) is 4.09. The van der Waals surface area contributed by atoms with Crippen LogP contribution in [0.25, 0.3) is 0 Å². The van der Waals surface area contributed by atoms with Gasteiger partial charge in [-0.1, -0.05) is 6.92 Å². The minimum Gasteiger partial charge on any atom is -0.371 e. The third-order valence-electron chi connectivity index (χ3n) is 4.48. The maximum absolute atomic E-state index is 12.2. The van der Waals surface area contributed by atoms with Crippen LogP contribution in [0.1, 0.15) is 35.9 Å². The lowest BCUT2D eigenvalue weighted by Gasteiger charge is -2.33. The number of carbonyl (C=O) groups is 1. The number of carbonyl (C=O) groups excluding carboxylic acids is 1. The molecule has 1 aliphatic rings. The highest BCUT2D eigenvalue weighted by atomic mass is 16.1. The summed E-state index contributed by atoms with van der Waals surface area (Å²) in [6.45, 7) is 4.73. The number of piperidine rings is 1. The van der Waals surface area contributed by atoms with E-state index in [2.05, 4.69) is 25.2 Å². The van der Waals surface area contributed by atoms with E-state index in [9.17, 15) is 4.79 Å². The lowest BCUT2D eigenvalue weighted by atomic mass is 9.96. The van der Waals surface area contributed by atoms with Crippen molar-refractivity contribution in [2.24, 2.45) is 5.92 Å². The molecule has 2 aromatic rings.